The maximum Gasteiger partial charge on any atom is 0.119 e. The van der Waals surface area contributed by atoms with Gasteiger partial charge in [0.15, 0.2) is 0 Å². The van der Waals surface area contributed by atoms with Gasteiger partial charge in [0.2, 0.25) is 0 Å². The molecule has 1 aliphatic carbocycles. The predicted molar refractivity (Wildman–Crippen MR) is 85.2 cm³/mol. The van der Waals surface area contributed by atoms with E-state index in [2.05, 4.69) is 33.1 Å². The van der Waals surface area contributed by atoms with E-state index < -0.39 is 0 Å². The summed E-state index contributed by atoms with van der Waals surface area (Å²) in [7, 11) is 0. The van der Waals surface area contributed by atoms with Gasteiger partial charge >= 0.3 is 0 Å². The Balaban J connectivity index is 1.35. The normalized spacial score (nSPS) is 26.9. The van der Waals surface area contributed by atoms with Gasteiger partial charge in [-0.3, -0.25) is 4.90 Å². The number of benzene rings is 1. The van der Waals surface area contributed by atoms with Gasteiger partial charge in [0.05, 0.1) is 0 Å². The highest BCUT2D eigenvalue weighted by molar-refractivity contribution is 9.10. The molecule has 1 aliphatic heterocycles. The van der Waals surface area contributed by atoms with Crippen molar-refractivity contribution in [1.82, 2.24) is 10.2 Å². The molecule has 0 unspecified atom stereocenters. The van der Waals surface area contributed by atoms with Crippen molar-refractivity contribution < 1.29 is 4.74 Å². The molecular weight excluding hydrogens is 316 g/mol. The zero-order valence-electron chi connectivity index (χ0n) is 12.0. The summed E-state index contributed by atoms with van der Waals surface area (Å²) in [4.78, 5) is 2.67. The molecule has 3 nitrogen and oxygen atoms in total. The summed E-state index contributed by atoms with van der Waals surface area (Å²) < 4.78 is 6.82. The summed E-state index contributed by atoms with van der Waals surface area (Å²) in [6, 6.07) is 10.3. The maximum absolute atomic E-state index is 5.74. The largest absolute Gasteiger partial charge is 0.492 e. The zero-order chi connectivity index (χ0) is 13.9. The van der Waals surface area contributed by atoms with Crippen molar-refractivity contribution in [3.05, 3.63) is 28.7 Å². The van der Waals surface area contributed by atoms with Gasteiger partial charge in [-0.15, -0.1) is 0 Å². The molecule has 1 N–H and O–H groups in total. The Labute approximate surface area is 129 Å². The van der Waals surface area contributed by atoms with Gasteiger partial charge in [-0.1, -0.05) is 15.9 Å². The standard InChI is InChI=1S/C16H23BrN2O/c1-12-10-14(11-19(12)15-4-5-15)18-8-9-20-16-6-2-13(17)3-7-16/h2-3,6-7,12,14-15,18H,4-5,8-11H2,1H3/t12-,14-/m1/s1. The molecule has 2 aliphatic rings. The van der Waals surface area contributed by atoms with Gasteiger partial charge in [-0.25, -0.2) is 0 Å². The average Bonchev–Trinajstić information content (AvgIpc) is 3.21. The number of nitrogens with zero attached hydrogens (tertiary/aromatic N) is 1. The minimum absolute atomic E-state index is 0.638. The summed E-state index contributed by atoms with van der Waals surface area (Å²) in [5, 5.41) is 3.63. The molecular formula is C16H23BrN2O. The van der Waals surface area contributed by atoms with Crippen molar-refractivity contribution in [1.29, 1.82) is 0 Å². The number of rotatable bonds is 6. The van der Waals surface area contributed by atoms with Crippen LogP contribution in [0.4, 0.5) is 0 Å². The van der Waals surface area contributed by atoms with Gasteiger partial charge in [0, 0.05) is 35.7 Å². The molecule has 0 spiro atoms. The van der Waals surface area contributed by atoms with Crippen molar-refractivity contribution in [3.63, 3.8) is 0 Å². The lowest BCUT2D eigenvalue weighted by molar-refractivity contribution is 0.253. The summed E-state index contributed by atoms with van der Waals surface area (Å²) in [6.45, 7) is 5.23. The molecule has 2 fully saturated rings. The molecule has 1 saturated carbocycles. The second-order valence-electron chi connectivity index (χ2n) is 5.97. The number of ether oxygens (including phenoxy) is 1. The minimum Gasteiger partial charge on any atom is -0.492 e. The van der Waals surface area contributed by atoms with Crippen molar-refractivity contribution in [2.45, 2.75) is 44.3 Å². The van der Waals surface area contributed by atoms with Crippen LogP contribution < -0.4 is 10.1 Å². The van der Waals surface area contributed by atoms with Crippen LogP contribution in [0.2, 0.25) is 0 Å². The lowest BCUT2D eigenvalue weighted by Gasteiger charge is -2.19. The molecule has 1 aromatic rings. The highest BCUT2D eigenvalue weighted by Crippen LogP contribution is 2.33. The number of halogens is 1. The highest BCUT2D eigenvalue weighted by atomic mass is 79.9. The third-order valence-corrected chi connectivity index (χ3v) is 4.78. The number of nitrogens with one attached hydrogen (secondary N) is 1. The fraction of sp³-hybridized carbons (Fsp3) is 0.625. The lowest BCUT2D eigenvalue weighted by Crippen LogP contribution is -2.36. The van der Waals surface area contributed by atoms with E-state index in [1.807, 2.05) is 24.3 Å². The first-order chi connectivity index (χ1) is 9.72. The average molecular weight is 339 g/mol. The Kier molecular flexibility index (Phi) is 4.64. The highest BCUT2D eigenvalue weighted by Gasteiger charge is 2.38. The Bertz CT molecular complexity index is 433. The van der Waals surface area contributed by atoms with Gasteiger partial charge < -0.3 is 10.1 Å². The number of hydrogen-bond donors (Lipinski definition) is 1. The quantitative estimate of drug-likeness (QED) is 0.807. The summed E-state index contributed by atoms with van der Waals surface area (Å²) >= 11 is 3.43. The van der Waals surface area contributed by atoms with E-state index in [1.54, 1.807) is 0 Å². The monoisotopic (exact) mass is 338 g/mol. The predicted octanol–water partition coefficient (Wildman–Crippen LogP) is 3.04. The van der Waals surface area contributed by atoms with Crippen molar-refractivity contribution in [3.8, 4) is 5.75 Å². The van der Waals surface area contributed by atoms with Crippen molar-refractivity contribution in [2.24, 2.45) is 0 Å². The van der Waals surface area contributed by atoms with Crippen LogP contribution in [0.5, 0.6) is 5.75 Å². The Morgan fingerprint density at radius 3 is 2.75 bits per heavy atom. The van der Waals surface area contributed by atoms with Crippen LogP contribution in [0.3, 0.4) is 0 Å². The SMILES string of the molecule is C[C@@H]1C[C@@H](NCCOc2ccc(Br)cc2)CN1C1CC1. The van der Waals surface area contributed by atoms with Crippen LogP contribution in [0, 0.1) is 0 Å². The molecule has 2 atom stereocenters. The van der Waals surface area contributed by atoms with E-state index in [0.717, 1.165) is 35.5 Å². The zero-order valence-corrected chi connectivity index (χ0v) is 13.6. The van der Waals surface area contributed by atoms with Crippen LogP contribution in [0.15, 0.2) is 28.7 Å². The molecule has 1 saturated heterocycles. The van der Waals surface area contributed by atoms with Crippen LogP contribution >= 0.6 is 15.9 Å². The van der Waals surface area contributed by atoms with E-state index in [-0.39, 0.29) is 0 Å². The summed E-state index contributed by atoms with van der Waals surface area (Å²) in [5.74, 6) is 0.939. The Morgan fingerprint density at radius 1 is 1.30 bits per heavy atom. The van der Waals surface area contributed by atoms with Crippen molar-refractivity contribution >= 4 is 15.9 Å². The third-order valence-electron chi connectivity index (χ3n) is 4.26. The van der Waals surface area contributed by atoms with Gasteiger partial charge in [-0.05, 0) is 50.5 Å². The number of hydrogen-bond acceptors (Lipinski definition) is 3. The minimum atomic E-state index is 0.638. The molecule has 110 valence electrons. The van der Waals surface area contributed by atoms with Crippen LogP contribution in [-0.2, 0) is 0 Å². The first-order valence-electron chi connectivity index (χ1n) is 7.60. The molecule has 0 amide bonds. The Hall–Kier alpha value is -0.580. The van der Waals surface area contributed by atoms with E-state index in [9.17, 15) is 0 Å². The smallest absolute Gasteiger partial charge is 0.119 e. The van der Waals surface area contributed by atoms with E-state index in [0.29, 0.717) is 6.04 Å². The summed E-state index contributed by atoms with van der Waals surface area (Å²) in [5.41, 5.74) is 0. The number of likely N-dealkylation sites (tertiary alicyclic amines) is 1. The van der Waals surface area contributed by atoms with Gasteiger partial charge in [0.1, 0.15) is 12.4 Å². The fourth-order valence-electron chi connectivity index (χ4n) is 3.08. The maximum atomic E-state index is 5.74. The summed E-state index contributed by atoms with van der Waals surface area (Å²) in [6.07, 6.45) is 4.09. The van der Waals surface area contributed by atoms with Gasteiger partial charge in [-0.2, -0.15) is 0 Å². The van der Waals surface area contributed by atoms with E-state index in [1.165, 1.54) is 25.8 Å². The first kappa shape index (κ1) is 14.4. The fourth-order valence-corrected chi connectivity index (χ4v) is 3.35. The molecule has 0 aromatic heterocycles. The molecule has 1 heterocycles. The van der Waals surface area contributed by atoms with Crippen LogP contribution in [-0.4, -0.2) is 42.7 Å². The third kappa shape index (κ3) is 3.74. The van der Waals surface area contributed by atoms with Gasteiger partial charge in [0.25, 0.3) is 0 Å². The molecule has 4 heteroatoms. The molecule has 1 aromatic carbocycles. The topological polar surface area (TPSA) is 24.5 Å². The lowest BCUT2D eigenvalue weighted by atomic mass is 10.2. The van der Waals surface area contributed by atoms with E-state index in [4.69, 9.17) is 4.74 Å². The first-order valence-corrected chi connectivity index (χ1v) is 8.39. The Morgan fingerprint density at radius 2 is 2.05 bits per heavy atom. The van der Waals surface area contributed by atoms with Crippen LogP contribution in [0.1, 0.15) is 26.2 Å². The molecule has 3 rings (SSSR count). The molecule has 20 heavy (non-hydrogen) atoms. The second-order valence-corrected chi connectivity index (χ2v) is 6.88. The van der Waals surface area contributed by atoms with Crippen molar-refractivity contribution in [2.75, 3.05) is 19.7 Å². The molecule has 0 radical (unpaired) electrons. The van der Waals surface area contributed by atoms with E-state index >= 15 is 0 Å². The second kappa shape index (κ2) is 6.46. The van der Waals surface area contributed by atoms with Crippen LogP contribution in [0.25, 0.3) is 0 Å². The molecule has 0 bridgehead atoms.